The first kappa shape index (κ1) is 15.3. The monoisotopic (exact) mass is 313 g/mol. The maximum absolute atomic E-state index is 12.3. The normalized spacial score (nSPS) is 22.6. The Morgan fingerprint density at radius 3 is 2.74 bits per heavy atom. The maximum atomic E-state index is 12.3. The largest absolute Gasteiger partial charge is 0.481 e. The highest BCUT2D eigenvalue weighted by Crippen LogP contribution is 2.54. The summed E-state index contributed by atoms with van der Waals surface area (Å²) in [6.45, 7) is 0.455. The summed E-state index contributed by atoms with van der Waals surface area (Å²) in [6.07, 6.45) is 4.59. The molecule has 1 saturated carbocycles. The van der Waals surface area contributed by atoms with Crippen LogP contribution in [-0.2, 0) is 28.5 Å². The lowest BCUT2D eigenvalue weighted by Gasteiger charge is -2.13. The Morgan fingerprint density at radius 2 is 2.13 bits per heavy atom. The van der Waals surface area contributed by atoms with E-state index in [0.29, 0.717) is 24.9 Å². The number of imidazole rings is 1. The van der Waals surface area contributed by atoms with E-state index in [4.69, 9.17) is 0 Å². The van der Waals surface area contributed by atoms with Gasteiger partial charge in [0.1, 0.15) is 5.41 Å². The van der Waals surface area contributed by atoms with E-state index in [1.54, 1.807) is 30.6 Å². The SMILES string of the molecule is Cn1cnc(CCNC(=O)[C@@H]2C[C@@]2(C(=O)O)c2ccccc2)c1. The van der Waals surface area contributed by atoms with Crippen molar-refractivity contribution in [2.75, 3.05) is 6.54 Å². The van der Waals surface area contributed by atoms with Crippen LogP contribution in [0.15, 0.2) is 42.9 Å². The molecule has 3 rings (SSSR count). The van der Waals surface area contributed by atoms with E-state index in [2.05, 4.69) is 10.3 Å². The van der Waals surface area contributed by atoms with E-state index in [-0.39, 0.29) is 5.91 Å². The van der Waals surface area contributed by atoms with E-state index >= 15 is 0 Å². The van der Waals surface area contributed by atoms with Gasteiger partial charge in [0.15, 0.2) is 0 Å². The third kappa shape index (κ3) is 2.84. The number of carbonyl (C=O) groups excluding carboxylic acids is 1. The van der Waals surface area contributed by atoms with Crippen molar-refractivity contribution in [3.8, 4) is 0 Å². The van der Waals surface area contributed by atoms with Gasteiger partial charge in [0.25, 0.3) is 0 Å². The van der Waals surface area contributed by atoms with E-state index < -0.39 is 17.3 Å². The molecule has 120 valence electrons. The van der Waals surface area contributed by atoms with Gasteiger partial charge in [0, 0.05) is 26.2 Å². The molecule has 1 amide bonds. The van der Waals surface area contributed by atoms with Crippen LogP contribution in [-0.4, -0.2) is 33.1 Å². The predicted molar refractivity (Wildman–Crippen MR) is 83.8 cm³/mol. The number of rotatable bonds is 6. The Hall–Kier alpha value is -2.63. The Bertz CT molecular complexity index is 726. The lowest BCUT2D eigenvalue weighted by molar-refractivity contribution is -0.141. The number of hydrogen-bond donors (Lipinski definition) is 2. The van der Waals surface area contributed by atoms with Crippen LogP contribution >= 0.6 is 0 Å². The minimum absolute atomic E-state index is 0.202. The molecule has 0 radical (unpaired) electrons. The lowest BCUT2D eigenvalue weighted by Crippen LogP contribution is -2.33. The summed E-state index contributed by atoms with van der Waals surface area (Å²) in [5.41, 5.74) is 0.518. The summed E-state index contributed by atoms with van der Waals surface area (Å²) in [6, 6.07) is 8.98. The van der Waals surface area contributed by atoms with Crippen LogP contribution in [0.4, 0.5) is 0 Å². The third-order valence-corrected chi connectivity index (χ3v) is 4.39. The second-order valence-corrected chi connectivity index (χ2v) is 5.97. The summed E-state index contributed by atoms with van der Waals surface area (Å²) in [4.78, 5) is 28.2. The number of amides is 1. The van der Waals surface area contributed by atoms with Gasteiger partial charge in [-0.3, -0.25) is 9.59 Å². The first-order valence-corrected chi connectivity index (χ1v) is 7.57. The number of aliphatic carboxylic acids is 1. The molecule has 1 fully saturated rings. The number of aromatic nitrogens is 2. The standard InChI is InChI=1S/C17H19N3O3/c1-20-10-13(19-11-20)7-8-18-15(21)14-9-17(14,16(22)23)12-5-3-2-4-6-12/h2-6,10-11,14H,7-9H2,1H3,(H,18,21)(H,22,23)/t14-,17+/m0/s1. The first-order valence-electron chi connectivity index (χ1n) is 7.57. The number of carbonyl (C=O) groups is 2. The van der Waals surface area contributed by atoms with Crippen molar-refractivity contribution in [2.45, 2.75) is 18.3 Å². The van der Waals surface area contributed by atoms with Crippen LogP contribution < -0.4 is 5.32 Å². The molecule has 0 spiro atoms. The highest BCUT2D eigenvalue weighted by atomic mass is 16.4. The smallest absolute Gasteiger partial charge is 0.314 e. The van der Waals surface area contributed by atoms with Crippen molar-refractivity contribution < 1.29 is 14.7 Å². The third-order valence-electron chi connectivity index (χ3n) is 4.39. The van der Waals surface area contributed by atoms with Gasteiger partial charge in [-0.15, -0.1) is 0 Å². The average molecular weight is 313 g/mol. The Kier molecular flexibility index (Phi) is 3.90. The fourth-order valence-corrected chi connectivity index (χ4v) is 3.03. The van der Waals surface area contributed by atoms with Crippen LogP contribution in [0.25, 0.3) is 0 Å². The van der Waals surface area contributed by atoms with Gasteiger partial charge < -0.3 is 15.0 Å². The molecule has 1 aromatic heterocycles. The van der Waals surface area contributed by atoms with Crippen molar-refractivity contribution in [3.63, 3.8) is 0 Å². The predicted octanol–water partition coefficient (Wildman–Crippen LogP) is 1.12. The topological polar surface area (TPSA) is 84.2 Å². The number of carboxylic acids is 1. The summed E-state index contributed by atoms with van der Waals surface area (Å²) in [5.74, 6) is -1.65. The molecule has 0 aliphatic heterocycles. The van der Waals surface area contributed by atoms with Crippen molar-refractivity contribution in [1.29, 1.82) is 0 Å². The van der Waals surface area contributed by atoms with E-state index in [9.17, 15) is 14.7 Å². The molecular weight excluding hydrogens is 294 g/mol. The number of benzene rings is 1. The van der Waals surface area contributed by atoms with Gasteiger partial charge in [-0.1, -0.05) is 30.3 Å². The number of hydrogen-bond acceptors (Lipinski definition) is 3. The minimum Gasteiger partial charge on any atom is -0.481 e. The number of aryl methyl sites for hydroxylation is 1. The molecule has 6 heteroatoms. The van der Waals surface area contributed by atoms with Gasteiger partial charge >= 0.3 is 5.97 Å². The molecule has 0 bridgehead atoms. The highest BCUT2D eigenvalue weighted by molar-refractivity contribution is 5.97. The van der Waals surface area contributed by atoms with Gasteiger partial charge in [-0.25, -0.2) is 4.98 Å². The lowest BCUT2D eigenvalue weighted by atomic mass is 9.93. The Labute approximate surface area is 134 Å². The molecule has 0 saturated heterocycles. The number of nitrogens with zero attached hydrogens (tertiary/aromatic N) is 2. The van der Waals surface area contributed by atoms with Crippen molar-refractivity contribution in [1.82, 2.24) is 14.9 Å². The Balaban J connectivity index is 1.61. The summed E-state index contributed by atoms with van der Waals surface area (Å²) in [5, 5.41) is 12.4. The van der Waals surface area contributed by atoms with Crippen molar-refractivity contribution >= 4 is 11.9 Å². The summed E-state index contributed by atoms with van der Waals surface area (Å²) in [7, 11) is 1.89. The molecule has 0 unspecified atom stereocenters. The van der Waals surface area contributed by atoms with Crippen LogP contribution in [0.5, 0.6) is 0 Å². The van der Waals surface area contributed by atoms with E-state index in [0.717, 1.165) is 5.69 Å². The fourth-order valence-electron chi connectivity index (χ4n) is 3.03. The Morgan fingerprint density at radius 1 is 1.39 bits per heavy atom. The molecule has 23 heavy (non-hydrogen) atoms. The second kappa shape index (κ2) is 5.87. The van der Waals surface area contributed by atoms with Crippen molar-refractivity contribution in [2.24, 2.45) is 13.0 Å². The second-order valence-electron chi connectivity index (χ2n) is 5.97. The quantitative estimate of drug-likeness (QED) is 0.837. The number of nitrogens with one attached hydrogen (secondary N) is 1. The molecule has 1 heterocycles. The van der Waals surface area contributed by atoms with Gasteiger partial charge in [-0.05, 0) is 12.0 Å². The van der Waals surface area contributed by atoms with E-state index in [1.807, 2.05) is 23.9 Å². The van der Waals surface area contributed by atoms with Crippen LogP contribution in [0.1, 0.15) is 17.7 Å². The zero-order valence-corrected chi connectivity index (χ0v) is 12.9. The van der Waals surface area contributed by atoms with Crippen LogP contribution in [0.2, 0.25) is 0 Å². The first-order chi connectivity index (χ1) is 11.0. The molecule has 2 aromatic rings. The molecule has 2 N–H and O–H groups in total. The molecule has 1 aliphatic carbocycles. The molecule has 2 atom stereocenters. The maximum Gasteiger partial charge on any atom is 0.314 e. The van der Waals surface area contributed by atoms with Gasteiger partial charge in [0.05, 0.1) is 17.9 Å². The zero-order valence-electron chi connectivity index (χ0n) is 12.9. The van der Waals surface area contributed by atoms with Crippen LogP contribution in [0.3, 0.4) is 0 Å². The highest BCUT2D eigenvalue weighted by Gasteiger charge is 2.64. The van der Waals surface area contributed by atoms with Gasteiger partial charge in [0.2, 0.25) is 5.91 Å². The molecule has 1 aromatic carbocycles. The molecule has 1 aliphatic rings. The molecule has 6 nitrogen and oxygen atoms in total. The summed E-state index contributed by atoms with van der Waals surface area (Å²) < 4.78 is 1.85. The van der Waals surface area contributed by atoms with Crippen molar-refractivity contribution in [3.05, 3.63) is 54.1 Å². The number of carboxylic acid groups (broad SMARTS) is 1. The van der Waals surface area contributed by atoms with E-state index in [1.165, 1.54) is 0 Å². The zero-order chi connectivity index (χ0) is 16.4. The summed E-state index contributed by atoms with van der Waals surface area (Å²) >= 11 is 0. The molecular formula is C17H19N3O3. The van der Waals surface area contributed by atoms with Gasteiger partial charge in [-0.2, -0.15) is 0 Å². The minimum atomic E-state index is -1.07. The average Bonchev–Trinajstić information content (AvgIpc) is 3.19. The fraction of sp³-hybridized carbons (Fsp3) is 0.353. The van der Waals surface area contributed by atoms with Crippen LogP contribution in [0, 0.1) is 5.92 Å².